The molecule has 14 heavy (non-hydrogen) atoms. The third-order valence-corrected chi connectivity index (χ3v) is 2.49. The highest BCUT2D eigenvalue weighted by Crippen LogP contribution is 2.17. The first-order valence-corrected chi connectivity index (χ1v) is 4.93. The first kappa shape index (κ1) is 9.12. The van der Waals surface area contributed by atoms with Gasteiger partial charge in [-0.2, -0.15) is 0 Å². The first-order valence-electron chi connectivity index (χ1n) is 4.93. The van der Waals surface area contributed by atoms with Crippen molar-refractivity contribution in [2.45, 2.75) is 31.7 Å². The number of rotatable bonds is 2. The molecule has 0 spiro atoms. The summed E-state index contributed by atoms with van der Waals surface area (Å²) in [5.41, 5.74) is 0.402. The summed E-state index contributed by atoms with van der Waals surface area (Å²) >= 11 is 0. The van der Waals surface area contributed by atoms with Gasteiger partial charge in [-0.05, 0) is 12.8 Å². The maximum Gasteiger partial charge on any atom is 0.271 e. The summed E-state index contributed by atoms with van der Waals surface area (Å²) in [7, 11) is 0. The molecule has 0 atom stereocenters. The fraction of sp³-hybridized carbons (Fsp3) is 0.500. The predicted octanol–water partition coefficient (Wildman–Crippen LogP) is 1.15. The monoisotopic (exact) mass is 191 g/mol. The summed E-state index contributed by atoms with van der Waals surface area (Å²) in [4.78, 5) is 19.4. The normalized spacial score (nSPS) is 16.9. The van der Waals surface area contributed by atoms with Gasteiger partial charge in [0.05, 0.1) is 6.20 Å². The zero-order valence-corrected chi connectivity index (χ0v) is 7.94. The van der Waals surface area contributed by atoms with E-state index in [9.17, 15) is 4.79 Å². The largest absolute Gasteiger partial charge is 0.348 e. The van der Waals surface area contributed by atoms with Crippen LogP contribution in [0.25, 0.3) is 0 Å². The Morgan fingerprint density at radius 3 is 2.79 bits per heavy atom. The van der Waals surface area contributed by atoms with E-state index < -0.39 is 0 Å². The van der Waals surface area contributed by atoms with Crippen molar-refractivity contribution in [3.63, 3.8) is 0 Å². The molecule has 0 bridgehead atoms. The molecule has 1 aromatic rings. The second-order valence-corrected chi connectivity index (χ2v) is 3.55. The van der Waals surface area contributed by atoms with E-state index in [1.54, 1.807) is 6.20 Å². The van der Waals surface area contributed by atoms with E-state index in [1.165, 1.54) is 25.2 Å². The molecule has 4 heteroatoms. The molecular formula is C10H13N3O. The molecule has 1 aromatic heterocycles. The molecule has 1 fully saturated rings. The van der Waals surface area contributed by atoms with Crippen LogP contribution >= 0.6 is 0 Å². The Morgan fingerprint density at radius 1 is 1.36 bits per heavy atom. The van der Waals surface area contributed by atoms with Crippen molar-refractivity contribution in [3.8, 4) is 0 Å². The Morgan fingerprint density at radius 2 is 2.14 bits per heavy atom. The number of carbonyl (C=O) groups is 1. The van der Waals surface area contributed by atoms with Gasteiger partial charge in [0, 0.05) is 18.4 Å². The van der Waals surface area contributed by atoms with Crippen LogP contribution in [0.15, 0.2) is 18.6 Å². The van der Waals surface area contributed by atoms with Gasteiger partial charge in [-0.15, -0.1) is 0 Å². The Kier molecular flexibility index (Phi) is 2.72. The van der Waals surface area contributed by atoms with Crippen LogP contribution in [-0.2, 0) is 0 Å². The molecule has 74 valence electrons. The minimum atomic E-state index is -0.106. The van der Waals surface area contributed by atoms with Crippen molar-refractivity contribution in [2.75, 3.05) is 0 Å². The van der Waals surface area contributed by atoms with Crippen molar-refractivity contribution in [1.29, 1.82) is 0 Å². The quantitative estimate of drug-likeness (QED) is 0.762. The molecule has 2 rings (SSSR count). The van der Waals surface area contributed by atoms with Gasteiger partial charge in [-0.25, -0.2) is 4.98 Å². The number of nitrogens with one attached hydrogen (secondary N) is 1. The van der Waals surface area contributed by atoms with E-state index in [4.69, 9.17) is 0 Å². The first-order chi connectivity index (χ1) is 6.86. The fourth-order valence-electron chi connectivity index (χ4n) is 1.75. The molecule has 0 saturated heterocycles. The highest BCUT2D eigenvalue weighted by molar-refractivity contribution is 5.92. The maximum absolute atomic E-state index is 11.6. The third-order valence-electron chi connectivity index (χ3n) is 2.49. The molecule has 1 saturated carbocycles. The number of carbonyl (C=O) groups excluding carboxylic acids is 1. The summed E-state index contributed by atoms with van der Waals surface area (Å²) in [6.45, 7) is 0. The molecular weight excluding hydrogens is 178 g/mol. The molecule has 0 unspecified atom stereocenters. The second kappa shape index (κ2) is 4.17. The van der Waals surface area contributed by atoms with Crippen molar-refractivity contribution in [1.82, 2.24) is 15.3 Å². The Hall–Kier alpha value is -1.45. The number of hydrogen-bond donors (Lipinski definition) is 1. The minimum Gasteiger partial charge on any atom is -0.348 e. The number of amides is 1. The molecule has 1 N–H and O–H groups in total. The van der Waals surface area contributed by atoms with Crippen LogP contribution in [0.5, 0.6) is 0 Å². The van der Waals surface area contributed by atoms with E-state index in [0.717, 1.165) is 12.8 Å². The zero-order valence-electron chi connectivity index (χ0n) is 7.94. The smallest absolute Gasteiger partial charge is 0.271 e. The van der Waals surface area contributed by atoms with Crippen LogP contribution in [0.1, 0.15) is 36.2 Å². The molecule has 4 nitrogen and oxygen atoms in total. The lowest BCUT2D eigenvalue weighted by Crippen LogP contribution is -2.33. The SMILES string of the molecule is O=C(NC1CCCC1)c1cnccn1. The fourth-order valence-corrected chi connectivity index (χ4v) is 1.75. The highest BCUT2D eigenvalue weighted by Gasteiger charge is 2.18. The highest BCUT2D eigenvalue weighted by atomic mass is 16.1. The average molecular weight is 191 g/mol. The summed E-state index contributed by atoms with van der Waals surface area (Å²) in [5, 5.41) is 2.95. The Labute approximate surface area is 82.8 Å². The van der Waals surface area contributed by atoms with Crippen LogP contribution < -0.4 is 5.32 Å². The molecule has 0 aliphatic heterocycles. The van der Waals surface area contributed by atoms with Gasteiger partial charge >= 0.3 is 0 Å². The van der Waals surface area contributed by atoms with Crippen molar-refractivity contribution >= 4 is 5.91 Å². The van der Waals surface area contributed by atoms with Crippen LogP contribution in [0.2, 0.25) is 0 Å². The van der Waals surface area contributed by atoms with E-state index in [2.05, 4.69) is 15.3 Å². The molecule has 1 heterocycles. The summed E-state index contributed by atoms with van der Waals surface area (Å²) < 4.78 is 0. The van der Waals surface area contributed by atoms with E-state index in [0.29, 0.717) is 11.7 Å². The van der Waals surface area contributed by atoms with Gasteiger partial charge in [-0.3, -0.25) is 9.78 Å². The Balaban J connectivity index is 1.95. The second-order valence-electron chi connectivity index (χ2n) is 3.55. The average Bonchev–Trinajstić information content (AvgIpc) is 2.72. The topological polar surface area (TPSA) is 54.9 Å². The van der Waals surface area contributed by atoms with Gasteiger partial charge in [-0.1, -0.05) is 12.8 Å². The molecule has 0 radical (unpaired) electrons. The number of nitrogens with zero attached hydrogens (tertiary/aromatic N) is 2. The van der Waals surface area contributed by atoms with Crippen LogP contribution in [0, 0.1) is 0 Å². The summed E-state index contributed by atoms with van der Waals surface area (Å²) in [6.07, 6.45) is 9.19. The lowest BCUT2D eigenvalue weighted by molar-refractivity contribution is 0.0932. The van der Waals surface area contributed by atoms with E-state index in [1.807, 2.05) is 0 Å². The molecule has 0 aromatic carbocycles. The van der Waals surface area contributed by atoms with Crippen LogP contribution in [-0.4, -0.2) is 21.9 Å². The lowest BCUT2D eigenvalue weighted by atomic mass is 10.2. The van der Waals surface area contributed by atoms with Crippen molar-refractivity contribution in [3.05, 3.63) is 24.3 Å². The number of aromatic nitrogens is 2. The molecule has 1 aliphatic rings. The van der Waals surface area contributed by atoms with Gasteiger partial charge in [0.2, 0.25) is 0 Å². The van der Waals surface area contributed by atoms with Crippen LogP contribution in [0.3, 0.4) is 0 Å². The van der Waals surface area contributed by atoms with Gasteiger partial charge in [0.25, 0.3) is 5.91 Å². The van der Waals surface area contributed by atoms with E-state index >= 15 is 0 Å². The van der Waals surface area contributed by atoms with Crippen LogP contribution in [0.4, 0.5) is 0 Å². The van der Waals surface area contributed by atoms with Gasteiger partial charge in [0.15, 0.2) is 0 Å². The number of hydrogen-bond acceptors (Lipinski definition) is 3. The Bertz CT molecular complexity index is 306. The standard InChI is InChI=1S/C10H13N3O/c14-10(9-7-11-5-6-12-9)13-8-3-1-2-4-8/h5-8H,1-4H2,(H,13,14). The molecule has 1 aliphatic carbocycles. The minimum absolute atomic E-state index is 0.106. The maximum atomic E-state index is 11.6. The van der Waals surface area contributed by atoms with Gasteiger partial charge < -0.3 is 5.32 Å². The van der Waals surface area contributed by atoms with E-state index in [-0.39, 0.29) is 5.91 Å². The predicted molar refractivity (Wildman–Crippen MR) is 51.8 cm³/mol. The van der Waals surface area contributed by atoms with Crippen molar-refractivity contribution in [2.24, 2.45) is 0 Å². The summed E-state index contributed by atoms with van der Waals surface area (Å²) in [6, 6.07) is 0.338. The zero-order chi connectivity index (χ0) is 9.80. The lowest BCUT2D eigenvalue weighted by Gasteiger charge is -2.10. The summed E-state index contributed by atoms with van der Waals surface area (Å²) in [5.74, 6) is -0.106. The van der Waals surface area contributed by atoms with Crippen molar-refractivity contribution < 1.29 is 4.79 Å². The molecule has 1 amide bonds. The third kappa shape index (κ3) is 2.07. The van der Waals surface area contributed by atoms with Gasteiger partial charge in [0.1, 0.15) is 5.69 Å².